The number of nitro benzene ring substituents is 1. The van der Waals surface area contributed by atoms with E-state index in [9.17, 15) is 10.1 Å². The van der Waals surface area contributed by atoms with Crippen molar-refractivity contribution in [2.75, 3.05) is 0 Å². The Balaban J connectivity index is 3.38. The van der Waals surface area contributed by atoms with E-state index in [4.69, 9.17) is 16.9 Å². The molecule has 4 nitrogen and oxygen atoms in total. The van der Waals surface area contributed by atoms with Crippen LogP contribution in [0.2, 0.25) is 0 Å². The van der Waals surface area contributed by atoms with Crippen LogP contribution >= 0.6 is 11.6 Å². The van der Waals surface area contributed by atoms with Crippen molar-refractivity contribution in [3.8, 4) is 6.07 Å². The number of hydrogen-bond donors (Lipinski definition) is 0. The number of hydrogen-bond acceptors (Lipinski definition) is 3. The topological polar surface area (TPSA) is 66.9 Å². The summed E-state index contributed by atoms with van der Waals surface area (Å²) in [5, 5.41) is 19.2. The number of aryl methyl sites for hydroxylation is 1. The molecule has 0 bridgehead atoms. The summed E-state index contributed by atoms with van der Waals surface area (Å²) in [6.07, 6.45) is 1.07. The highest BCUT2D eigenvalue weighted by Crippen LogP contribution is 2.29. The van der Waals surface area contributed by atoms with Crippen LogP contribution in [-0.4, -0.2) is 4.92 Å². The van der Waals surface area contributed by atoms with Gasteiger partial charge in [-0.3, -0.25) is 10.1 Å². The first-order valence-corrected chi connectivity index (χ1v) is 4.44. The number of nitro groups is 1. The molecule has 0 fully saturated rings. The molecule has 0 atom stereocenters. The van der Waals surface area contributed by atoms with Crippen LogP contribution in [-0.2, 0) is 0 Å². The van der Waals surface area contributed by atoms with Gasteiger partial charge in [0.25, 0.3) is 5.69 Å². The minimum Gasteiger partial charge on any atom is -0.258 e. The first-order chi connectivity index (χ1) is 7.06. The molecule has 76 valence electrons. The van der Waals surface area contributed by atoms with Gasteiger partial charge in [0.15, 0.2) is 0 Å². The van der Waals surface area contributed by atoms with Crippen LogP contribution in [0.4, 0.5) is 5.69 Å². The summed E-state index contributed by atoms with van der Waals surface area (Å²) in [4.78, 5) is 10.2. The van der Waals surface area contributed by atoms with Gasteiger partial charge in [-0.1, -0.05) is 17.7 Å². The lowest BCUT2D eigenvalue weighted by atomic mass is 10.1. The fraction of sp³-hybridized carbons (Fsp3) is 0.100. The maximum absolute atomic E-state index is 10.7. The summed E-state index contributed by atoms with van der Waals surface area (Å²) in [5.74, 6) is 0. The van der Waals surface area contributed by atoms with Crippen LogP contribution in [0.1, 0.15) is 11.1 Å². The van der Waals surface area contributed by atoms with E-state index in [1.807, 2.05) is 0 Å². The zero-order chi connectivity index (χ0) is 11.4. The summed E-state index contributed by atoms with van der Waals surface area (Å²) in [5.41, 5.74) is 1.01. The third-order valence-electron chi connectivity index (χ3n) is 1.80. The number of allylic oxidation sites excluding steroid dienone is 1. The maximum Gasteiger partial charge on any atom is 0.278 e. The SMILES string of the molecule is Cc1ccc([N+](=O)[O-])c(C(Cl)=CC#N)c1. The molecule has 0 unspecified atom stereocenters. The molecule has 0 amide bonds. The van der Waals surface area contributed by atoms with Crippen LogP contribution < -0.4 is 0 Å². The lowest BCUT2D eigenvalue weighted by Gasteiger charge is -2.01. The first-order valence-electron chi connectivity index (χ1n) is 4.07. The molecule has 0 aliphatic rings. The summed E-state index contributed by atoms with van der Waals surface area (Å²) < 4.78 is 0. The normalized spacial score (nSPS) is 10.9. The van der Waals surface area contributed by atoms with Crippen molar-refractivity contribution in [2.24, 2.45) is 0 Å². The lowest BCUT2D eigenvalue weighted by Crippen LogP contribution is -1.93. The van der Waals surface area contributed by atoms with E-state index in [1.54, 1.807) is 25.1 Å². The molecular formula is C10H7ClN2O2. The maximum atomic E-state index is 10.7. The second-order valence-electron chi connectivity index (χ2n) is 2.90. The Morgan fingerprint density at radius 1 is 1.67 bits per heavy atom. The van der Waals surface area contributed by atoms with E-state index in [0.717, 1.165) is 11.6 Å². The summed E-state index contributed by atoms with van der Waals surface area (Å²) in [6.45, 7) is 1.80. The Bertz CT molecular complexity index is 475. The van der Waals surface area contributed by atoms with Crippen molar-refractivity contribution in [1.82, 2.24) is 0 Å². The van der Waals surface area contributed by atoms with Gasteiger partial charge in [0.05, 0.1) is 21.6 Å². The molecule has 0 spiro atoms. The number of nitriles is 1. The van der Waals surface area contributed by atoms with Crippen molar-refractivity contribution < 1.29 is 4.92 Å². The average molecular weight is 223 g/mol. The van der Waals surface area contributed by atoms with Gasteiger partial charge in [0, 0.05) is 12.1 Å². The summed E-state index contributed by atoms with van der Waals surface area (Å²) >= 11 is 5.76. The van der Waals surface area contributed by atoms with Crippen molar-refractivity contribution >= 4 is 22.3 Å². The lowest BCUT2D eigenvalue weighted by molar-refractivity contribution is -0.385. The van der Waals surface area contributed by atoms with Crippen molar-refractivity contribution in [2.45, 2.75) is 6.92 Å². The van der Waals surface area contributed by atoms with E-state index >= 15 is 0 Å². The third kappa shape index (κ3) is 2.55. The van der Waals surface area contributed by atoms with E-state index < -0.39 is 4.92 Å². The number of nitrogens with zero attached hydrogens (tertiary/aromatic N) is 2. The van der Waals surface area contributed by atoms with Gasteiger partial charge in [0.1, 0.15) is 0 Å². The Labute approximate surface area is 91.6 Å². The van der Waals surface area contributed by atoms with Crippen LogP contribution in [0.3, 0.4) is 0 Å². The molecule has 0 saturated carbocycles. The van der Waals surface area contributed by atoms with Crippen LogP contribution in [0.25, 0.3) is 5.03 Å². The van der Waals surface area contributed by atoms with Crippen LogP contribution in [0, 0.1) is 28.4 Å². The molecule has 0 radical (unpaired) electrons. The molecular weight excluding hydrogens is 216 g/mol. The van der Waals surface area contributed by atoms with Gasteiger partial charge in [-0.25, -0.2) is 0 Å². The van der Waals surface area contributed by atoms with E-state index in [-0.39, 0.29) is 16.3 Å². The standard InChI is InChI=1S/C10H7ClN2O2/c1-7-2-3-10(13(14)15)8(6-7)9(11)4-5-12/h2-4,6H,1H3. The molecule has 1 rings (SSSR count). The minimum absolute atomic E-state index is 0.0768. The quantitative estimate of drug-likeness (QED) is 0.439. The van der Waals surface area contributed by atoms with Gasteiger partial charge >= 0.3 is 0 Å². The molecule has 15 heavy (non-hydrogen) atoms. The van der Waals surface area contributed by atoms with Gasteiger partial charge in [0.2, 0.25) is 0 Å². The Morgan fingerprint density at radius 3 is 2.87 bits per heavy atom. The Morgan fingerprint density at radius 2 is 2.33 bits per heavy atom. The Kier molecular flexibility index (Phi) is 3.42. The number of benzene rings is 1. The fourth-order valence-electron chi connectivity index (χ4n) is 1.13. The molecule has 0 saturated heterocycles. The zero-order valence-electron chi connectivity index (χ0n) is 7.90. The fourth-order valence-corrected chi connectivity index (χ4v) is 1.33. The van der Waals surface area contributed by atoms with E-state index in [1.165, 1.54) is 6.07 Å². The molecule has 0 N–H and O–H groups in total. The molecule has 0 aliphatic carbocycles. The molecule has 1 aromatic rings. The van der Waals surface area contributed by atoms with Gasteiger partial charge in [-0.2, -0.15) is 5.26 Å². The van der Waals surface area contributed by atoms with Crippen LogP contribution in [0.15, 0.2) is 24.3 Å². The first kappa shape index (κ1) is 11.2. The third-order valence-corrected chi connectivity index (χ3v) is 2.11. The summed E-state index contributed by atoms with van der Waals surface area (Å²) in [6, 6.07) is 6.31. The second-order valence-corrected chi connectivity index (χ2v) is 3.31. The zero-order valence-corrected chi connectivity index (χ0v) is 8.65. The van der Waals surface area contributed by atoms with E-state index in [2.05, 4.69) is 0 Å². The van der Waals surface area contributed by atoms with Gasteiger partial charge < -0.3 is 0 Å². The minimum atomic E-state index is -0.525. The van der Waals surface area contributed by atoms with Crippen LogP contribution in [0.5, 0.6) is 0 Å². The predicted octanol–water partition coefficient (Wildman–Crippen LogP) is 3.01. The number of halogens is 1. The van der Waals surface area contributed by atoms with Gasteiger partial charge in [-0.05, 0) is 18.6 Å². The average Bonchev–Trinajstić information content (AvgIpc) is 2.17. The largest absolute Gasteiger partial charge is 0.278 e. The van der Waals surface area contributed by atoms with Crippen molar-refractivity contribution in [3.05, 3.63) is 45.5 Å². The van der Waals surface area contributed by atoms with E-state index in [0.29, 0.717) is 0 Å². The monoisotopic (exact) mass is 222 g/mol. The van der Waals surface area contributed by atoms with Crippen molar-refractivity contribution in [1.29, 1.82) is 5.26 Å². The Hall–Kier alpha value is -1.86. The summed E-state index contributed by atoms with van der Waals surface area (Å²) in [7, 11) is 0. The van der Waals surface area contributed by atoms with Gasteiger partial charge in [-0.15, -0.1) is 0 Å². The highest BCUT2D eigenvalue weighted by molar-refractivity contribution is 6.49. The second kappa shape index (κ2) is 4.58. The van der Waals surface area contributed by atoms with Crippen molar-refractivity contribution in [3.63, 3.8) is 0 Å². The smallest absolute Gasteiger partial charge is 0.258 e. The highest BCUT2D eigenvalue weighted by Gasteiger charge is 2.15. The molecule has 1 aromatic carbocycles. The number of rotatable bonds is 2. The molecule has 5 heteroatoms. The highest BCUT2D eigenvalue weighted by atomic mass is 35.5. The predicted molar refractivity (Wildman–Crippen MR) is 57.3 cm³/mol. The molecule has 0 aromatic heterocycles. The molecule has 0 aliphatic heterocycles. The molecule has 0 heterocycles.